The van der Waals surface area contributed by atoms with Gasteiger partial charge in [0.2, 0.25) is 0 Å². The number of morpholine rings is 1. The van der Waals surface area contributed by atoms with Crippen molar-refractivity contribution in [3.8, 4) is 5.75 Å². The second-order valence-electron chi connectivity index (χ2n) is 9.98. The van der Waals surface area contributed by atoms with Crippen LogP contribution in [-0.4, -0.2) is 73.9 Å². The first-order valence-electron chi connectivity index (χ1n) is 12.4. The first-order valence-corrected chi connectivity index (χ1v) is 12.4. The minimum absolute atomic E-state index is 0.145. The summed E-state index contributed by atoms with van der Waals surface area (Å²) in [5.74, 6) is 2.28. The molecule has 0 radical (unpaired) electrons. The second-order valence-corrected chi connectivity index (χ2v) is 9.98. The molecule has 0 N–H and O–H groups in total. The maximum atomic E-state index is 13.5. The van der Waals surface area contributed by atoms with Crippen molar-refractivity contribution < 1.29 is 19.0 Å². The van der Waals surface area contributed by atoms with Crippen molar-refractivity contribution >= 4 is 5.91 Å². The van der Waals surface area contributed by atoms with Gasteiger partial charge in [0.25, 0.3) is 5.91 Å². The highest BCUT2D eigenvalue weighted by Gasteiger charge is 2.37. The lowest BCUT2D eigenvalue weighted by molar-refractivity contribution is -0.153. The Balaban J connectivity index is 1.36. The lowest BCUT2D eigenvalue weighted by Crippen LogP contribution is -2.53. The first kappa shape index (κ1) is 23.5. The average molecular weight is 445 g/mol. The molecule has 2 aliphatic heterocycles. The average Bonchev–Trinajstić information content (AvgIpc) is 2.82. The van der Waals surface area contributed by atoms with Gasteiger partial charge in [-0.2, -0.15) is 0 Å². The number of fused-ring (bicyclic) bond motifs is 1. The number of rotatable bonds is 7. The number of amides is 1. The van der Waals surface area contributed by atoms with Crippen LogP contribution in [0, 0.1) is 11.8 Å². The number of methoxy groups -OCH3 is 1. The number of carbonyl (C=O) groups excluding carboxylic acids is 1. The van der Waals surface area contributed by atoms with Gasteiger partial charge in [0.05, 0.1) is 19.8 Å². The van der Waals surface area contributed by atoms with Crippen LogP contribution in [0.3, 0.4) is 0 Å². The van der Waals surface area contributed by atoms with Gasteiger partial charge in [-0.1, -0.05) is 18.2 Å². The van der Waals surface area contributed by atoms with E-state index in [4.69, 9.17) is 14.2 Å². The van der Waals surface area contributed by atoms with Gasteiger partial charge in [-0.25, -0.2) is 0 Å². The predicted octanol–water partition coefficient (Wildman–Crippen LogP) is 3.73. The zero-order valence-corrected chi connectivity index (χ0v) is 20.0. The molecule has 0 aromatic heterocycles. The Morgan fingerprint density at radius 1 is 1.19 bits per heavy atom. The summed E-state index contributed by atoms with van der Waals surface area (Å²) in [6.45, 7) is 8.83. The van der Waals surface area contributed by atoms with Gasteiger partial charge in [-0.15, -0.1) is 0 Å². The van der Waals surface area contributed by atoms with Crippen LogP contribution in [0.2, 0.25) is 0 Å². The molecule has 4 atom stereocenters. The topological polar surface area (TPSA) is 51.2 Å². The normalized spacial score (nSPS) is 28.9. The molecule has 3 fully saturated rings. The van der Waals surface area contributed by atoms with Crippen LogP contribution in [0.4, 0.5) is 0 Å². The molecule has 1 saturated carbocycles. The molecule has 3 aliphatic rings. The molecule has 0 spiro atoms. The quantitative estimate of drug-likeness (QED) is 0.641. The summed E-state index contributed by atoms with van der Waals surface area (Å²) >= 11 is 0. The van der Waals surface area contributed by atoms with Gasteiger partial charge in [0.15, 0.2) is 0 Å². The zero-order chi connectivity index (χ0) is 22.5. The molecule has 6 heteroatoms. The largest absolute Gasteiger partial charge is 0.496 e. The van der Waals surface area contributed by atoms with Crippen LogP contribution < -0.4 is 4.74 Å². The van der Waals surface area contributed by atoms with Gasteiger partial charge in [-0.05, 0) is 63.9 Å². The van der Waals surface area contributed by atoms with Crippen LogP contribution in [0.1, 0.15) is 51.5 Å². The molecule has 1 amide bonds. The van der Waals surface area contributed by atoms with Crippen molar-refractivity contribution in [1.82, 2.24) is 9.80 Å². The van der Waals surface area contributed by atoms with Crippen molar-refractivity contribution in [3.63, 3.8) is 0 Å². The van der Waals surface area contributed by atoms with Gasteiger partial charge < -0.3 is 19.1 Å². The van der Waals surface area contributed by atoms with E-state index in [9.17, 15) is 4.79 Å². The highest BCUT2D eigenvalue weighted by molar-refractivity contribution is 5.81. The van der Waals surface area contributed by atoms with Crippen LogP contribution in [-0.2, 0) is 20.8 Å². The lowest BCUT2D eigenvalue weighted by atomic mass is 9.76. The molecule has 2 heterocycles. The molecule has 4 rings (SSSR count). The molecule has 1 aromatic carbocycles. The Labute approximate surface area is 193 Å². The molecular weight excluding hydrogens is 404 g/mol. The molecule has 1 aliphatic carbocycles. The van der Waals surface area contributed by atoms with E-state index in [0.717, 1.165) is 50.4 Å². The van der Waals surface area contributed by atoms with Gasteiger partial charge in [0, 0.05) is 44.4 Å². The Kier molecular flexibility index (Phi) is 8.08. The van der Waals surface area contributed by atoms with E-state index in [0.29, 0.717) is 31.1 Å². The van der Waals surface area contributed by atoms with Gasteiger partial charge >= 0.3 is 0 Å². The Bertz CT molecular complexity index is 755. The molecule has 6 nitrogen and oxygen atoms in total. The van der Waals surface area contributed by atoms with E-state index in [-0.39, 0.29) is 11.9 Å². The fourth-order valence-corrected chi connectivity index (χ4v) is 5.69. The van der Waals surface area contributed by atoms with Crippen molar-refractivity contribution in [2.24, 2.45) is 11.8 Å². The molecule has 178 valence electrons. The summed E-state index contributed by atoms with van der Waals surface area (Å²) < 4.78 is 17.5. The monoisotopic (exact) mass is 444 g/mol. The Morgan fingerprint density at radius 3 is 2.84 bits per heavy atom. The van der Waals surface area contributed by atoms with Crippen molar-refractivity contribution in [2.75, 3.05) is 40.0 Å². The van der Waals surface area contributed by atoms with E-state index in [1.807, 2.05) is 18.2 Å². The number of ether oxygens (including phenoxy) is 3. The number of para-hydroxylation sites is 1. The second kappa shape index (κ2) is 11.0. The Morgan fingerprint density at radius 2 is 2.03 bits per heavy atom. The molecule has 2 saturated heterocycles. The number of hydrogen-bond acceptors (Lipinski definition) is 5. The number of hydrogen-bond donors (Lipinski definition) is 0. The highest BCUT2D eigenvalue weighted by atomic mass is 16.5. The first-order chi connectivity index (χ1) is 15.5. The highest BCUT2D eigenvalue weighted by Crippen LogP contribution is 2.37. The fourth-order valence-electron chi connectivity index (χ4n) is 5.69. The third kappa shape index (κ3) is 5.64. The Hall–Kier alpha value is -1.63. The molecule has 0 bridgehead atoms. The van der Waals surface area contributed by atoms with Crippen LogP contribution in [0.15, 0.2) is 24.3 Å². The van der Waals surface area contributed by atoms with Gasteiger partial charge in [0.1, 0.15) is 11.9 Å². The minimum atomic E-state index is -0.393. The summed E-state index contributed by atoms with van der Waals surface area (Å²) in [7, 11) is 1.71. The third-order valence-electron chi connectivity index (χ3n) is 7.45. The summed E-state index contributed by atoms with van der Waals surface area (Å²) in [5, 5.41) is 0. The van der Waals surface area contributed by atoms with Crippen molar-refractivity contribution in [2.45, 2.75) is 70.7 Å². The van der Waals surface area contributed by atoms with E-state index < -0.39 is 6.10 Å². The number of carbonyl (C=O) groups is 1. The molecule has 1 aromatic rings. The van der Waals surface area contributed by atoms with Crippen LogP contribution >= 0.6 is 0 Å². The number of nitrogens with zero attached hydrogens (tertiary/aromatic N) is 2. The third-order valence-corrected chi connectivity index (χ3v) is 7.45. The maximum Gasteiger partial charge on any atom is 0.253 e. The fraction of sp³-hybridized carbons (Fsp3) is 0.731. The summed E-state index contributed by atoms with van der Waals surface area (Å²) in [5.41, 5.74) is 1.15. The van der Waals surface area contributed by atoms with Crippen LogP contribution in [0.25, 0.3) is 0 Å². The standard InChI is InChI=1S/C26H40N2O4/c1-19(2)28(16-20-10-11-24-21(15-20)8-6-13-31-24)26(29)25-18-27(12-14-32-25)17-22-7-4-5-9-23(22)30-3/h4-5,7,9,19-21,24-25H,6,8,10-18H2,1-3H3/t20?,21?,24-,25?/m0/s1. The summed E-state index contributed by atoms with van der Waals surface area (Å²) in [4.78, 5) is 17.9. The summed E-state index contributed by atoms with van der Waals surface area (Å²) in [6, 6.07) is 8.28. The van der Waals surface area contributed by atoms with Crippen LogP contribution in [0.5, 0.6) is 5.75 Å². The zero-order valence-electron chi connectivity index (χ0n) is 20.0. The molecule has 3 unspecified atom stereocenters. The predicted molar refractivity (Wildman–Crippen MR) is 125 cm³/mol. The molecule has 32 heavy (non-hydrogen) atoms. The van der Waals surface area contributed by atoms with E-state index in [2.05, 4.69) is 29.7 Å². The smallest absolute Gasteiger partial charge is 0.253 e. The van der Waals surface area contributed by atoms with E-state index in [1.165, 1.54) is 19.3 Å². The van der Waals surface area contributed by atoms with Crippen molar-refractivity contribution in [3.05, 3.63) is 29.8 Å². The van der Waals surface area contributed by atoms with Crippen molar-refractivity contribution in [1.29, 1.82) is 0 Å². The summed E-state index contributed by atoms with van der Waals surface area (Å²) in [6.07, 6.45) is 6.00. The lowest BCUT2D eigenvalue weighted by Gasteiger charge is -2.42. The molecular formula is C26H40N2O4. The maximum absolute atomic E-state index is 13.5. The SMILES string of the molecule is COc1ccccc1CN1CCOC(C(=O)N(CC2CC[C@@H]3OCCCC3C2)C(C)C)C1. The minimum Gasteiger partial charge on any atom is -0.496 e. The number of benzene rings is 1. The van der Waals surface area contributed by atoms with E-state index in [1.54, 1.807) is 7.11 Å². The van der Waals surface area contributed by atoms with E-state index >= 15 is 0 Å². The van der Waals surface area contributed by atoms with Gasteiger partial charge in [-0.3, -0.25) is 9.69 Å².